The Morgan fingerprint density at radius 2 is 1.96 bits per heavy atom. The van der Waals surface area contributed by atoms with Crippen molar-refractivity contribution in [3.8, 4) is 5.75 Å². The van der Waals surface area contributed by atoms with E-state index in [9.17, 15) is 4.79 Å². The maximum absolute atomic E-state index is 11.9. The molecular formula is C20H25NO3. The minimum absolute atomic E-state index is 0.0207. The highest BCUT2D eigenvalue weighted by Gasteiger charge is 2.30. The van der Waals surface area contributed by atoms with Crippen LogP contribution in [0.3, 0.4) is 0 Å². The Morgan fingerprint density at radius 1 is 1.21 bits per heavy atom. The molecule has 24 heavy (non-hydrogen) atoms. The summed E-state index contributed by atoms with van der Waals surface area (Å²) >= 11 is 0. The van der Waals surface area contributed by atoms with Gasteiger partial charge >= 0.3 is 5.97 Å². The van der Waals surface area contributed by atoms with Crippen LogP contribution in [-0.4, -0.2) is 23.7 Å². The average molecular weight is 327 g/mol. The third-order valence-electron chi connectivity index (χ3n) is 4.99. The van der Waals surface area contributed by atoms with Crippen LogP contribution in [0.15, 0.2) is 36.5 Å². The van der Waals surface area contributed by atoms with Crippen molar-refractivity contribution in [2.75, 3.05) is 6.61 Å². The molecule has 0 amide bonds. The number of hydrogen-bond donors (Lipinski definition) is 0. The molecule has 1 atom stereocenters. The molecule has 1 aliphatic rings. The van der Waals surface area contributed by atoms with E-state index in [1.807, 2.05) is 44.2 Å². The summed E-state index contributed by atoms with van der Waals surface area (Å²) in [6.07, 6.45) is 5.98. The Morgan fingerprint density at radius 3 is 2.71 bits per heavy atom. The highest BCUT2D eigenvalue weighted by Crippen LogP contribution is 2.34. The van der Waals surface area contributed by atoms with Crippen LogP contribution in [0.4, 0.5) is 0 Å². The van der Waals surface area contributed by atoms with Crippen LogP contribution in [0.1, 0.15) is 39.5 Å². The minimum Gasteiger partial charge on any atom is -0.490 e. The van der Waals surface area contributed by atoms with E-state index in [-0.39, 0.29) is 18.0 Å². The molecule has 1 saturated carbocycles. The maximum Gasteiger partial charge on any atom is 0.308 e. The van der Waals surface area contributed by atoms with E-state index in [0.29, 0.717) is 12.5 Å². The topological polar surface area (TPSA) is 48.4 Å². The Kier molecular flexibility index (Phi) is 5.34. The first-order chi connectivity index (χ1) is 11.7. The summed E-state index contributed by atoms with van der Waals surface area (Å²) in [5.41, 5.74) is 0.958. The normalized spacial score (nSPS) is 22.1. The second-order valence-electron chi connectivity index (χ2n) is 6.52. The number of carbonyl (C=O) groups is 1. The lowest BCUT2D eigenvalue weighted by Crippen LogP contribution is -2.30. The first-order valence-electron chi connectivity index (χ1n) is 8.86. The largest absolute Gasteiger partial charge is 0.490 e. The Hall–Kier alpha value is -2.10. The molecule has 0 saturated heterocycles. The summed E-state index contributed by atoms with van der Waals surface area (Å²) in [5, 5.41) is 1.06. The van der Waals surface area contributed by atoms with Crippen LogP contribution in [0.2, 0.25) is 0 Å². The second kappa shape index (κ2) is 7.65. The summed E-state index contributed by atoms with van der Waals surface area (Å²) < 4.78 is 11.4. The van der Waals surface area contributed by atoms with Gasteiger partial charge in [0.2, 0.25) is 0 Å². The van der Waals surface area contributed by atoms with Crippen molar-refractivity contribution in [2.45, 2.75) is 45.6 Å². The summed E-state index contributed by atoms with van der Waals surface area (Å²) in [5.74, 6) is 1.22. The van der Waals surface area contributed by atoms with Crippen molar-refractivity contribution in [1.82, 2.24) is 4.98 Å². The maximum atomic E-state index is 11.9. The average Bonchev–Trinajstić information content (AvgIpc) is 2.62. The van der Waals surface area contributed by atoms with E-state index < -0.39 is 0 Å². The number of fused-ring (bicyclic) bond motifs is 1. The highest BCUT2D eigenvalue weighted by molar-refractivity contribution is 5.84. The van der Waals surface area contributed by atoms with E-state index in [1.54, 1.807) is 6.20 Å². The first-order valence-corrected chi connectivity index (χ1v) is 8.86. The number of esters is 1. The number of hydrogen-bond acceptors (Lipinski definition) is 4. The van der Waals surface area contributed by atoms with Crippen LogP contribution in [-0.2, 0) is 9.53 Å². The molecule has 128 valence electrons. The molecule has 3 rings (SSSR count). The fourth-order valence-corrected chi connectivity index (χ4v) is 3.52. The van der Waals surface area contributed by atoms with Gasteiger partial charge in [-0.3, -0.25) is 9.78 Å². The molecule has 2 aromatic rings. The fourth-order valence-electron chi connectivity index (χ4n) is 3.52. The summed E-state index contributed by atoms with van der Waals surface area (Å²) in [4.78, 5) is 16.3. The Labute approximate surface area is 143 Å². The van der Waals surface area contributed by atoms with Crippen molar-refractivity contribution >= 4 is 16.9 Å². The van der Waals surface area contributed by atoms with E-state index in [4.69, 9.17) is 9.47 Å². The molecule has 1 aromatic carbocycles. The molecule has 0 bridgehead atoms. The number of carbonyl (C=O) groups excluding carboxylic acids is 1. The van der Waals surface area contributed by atoms with E-state index in [1.165, 1.54) is 0 Å². The third kappa shape index (κ3) is 3.69. The predicted molar refractivity (Wildman–Crippen MR) is 93.9 cm³/mol. The van der Waals surface area contributed by atoms with Crippen molar-refractivity contribution < 1.29 is 14.3 Å². The van der Waals surface area contributed by atoms with Gasteiger partial charge in [-0.2, -0.15) is 0 Å². The monoisotopic (exact) mass is 327 g/mol. The smallest absolute Gasteiger partial charge is 0.308 e. The molecule has 1 heterocycles. The lowest BCUT2D eigenvalue weighted by molar-refractivity contribution is -0.150. The summed E-state index contributed by atoms with van der Waals surface area (Å²) in [6, 6.07) is 9.98. The van der Waals surface area contributed by atoms with Gasteiger partial charge in [0.15, 0.2) is 0 Å². The van der Waals surface area contributed by atoms with Crippen LogP contribution in [0, 0.1) is 11.8 Å². The SMILES string of the molecule is CCOC(=O)C(C)C1CCC(Oc2ccnc3ccccc23)CC1. The zero-order valence-electron chi connectivity index (χ0n) is 14.4. The van der Waals surface area contributed by atoms with Crippen LogP contribution in [0.25, 0.3) is 10.9 Å². The number of aromatic nitrogens is 1. The van der Waals surface area contributed by atoms with E-state index in [0.717, 1.165) is 42.3 Å². The molecule has 4 heteroatoms. The van der Waals surface area contributed by atoms with Crippen molar-refractivity contribution in [3.05, 3.63) is 36.5 Å². The van der Waals surface area contributed by atoms with E-state index in [2.05, 4.69) is 4.98 Å². The molecular weight excluding hydrogens is 302 g/mol. The molecule has 1 aliphatic carbocycles. The Bertz CT molecular complexity index is 687. The van der Waals surface area contributed by atoms with Gasteiger partial charge in [0.25, 0.3) is 0 Å². The number of para-hydroxylation sites is 1. The van der Waals surface area contributed by atoms with Crippen LogP contribution >= 0.6 is 0 Å². The highest BCUT2D eigenvalue weighted by atomic mass is 16.5. The first kappa shape index (κ1) is 16.7. The van der Waals surface area contributed by atoms with E-state index >= 15 is 0 Å². The van der Waals surface area contributed by atoms with Crippen LogP contribution in [0.5, 0.6) is 5.75 Å². The van der Waals surface area contributed by atoms with Gasteiger partial charge in [0, 0.05) is 11.6 Å². The summed E-state index contributed by atoms with van der Waals surface area (Å²) in [7, 11) is 0. The number of benzene rings is 1. The molecule has 0 N–H and O–H groups in total. The number of rotatable bonds is 5. The lowest BCUT2D eigenvalue weighted by Gasteiger charge is -2.31. The lowest BCUT2D eigenvalue weighted by atomic mass is 9.79. The van der Waals surface area contributed by atoms with Gasteiger partial charge in [-0.1, -0.05) is 19.1 Å². The van der Waals surface area contributed by atoms with Gasteiger partial charge < -0.3 is 9.47 Å². The summed E-state index contributed by atoms with van der Waals surface area (Å²) in [6.45, 7) is 4.30. The zero-order valence-corrected chi connectivity index (χ0v) is 14.4. The second-order valence-corrected chi connectivity index (χ2v) is 6.52. The molecule has 1 aromatic heterocycles. The number of pyridine rings is 1. The molecule has 1 unspecified atom stereocenters. The fraction of sp³-hybridized carbons (Fsp3) is 0.500. The van der Waals surface area contributed by atoms with Gasteiger partial charge in [-0.25, -0.2) is 0 Å². The van der Waals surface area contributed by atoms with Gasteiger partial charge in [0.05, 0.1) is 24.1 Å². The predicted octanol–water partition coefficient (Wildman–Crippen LogP) is 4.37. The zero-order chi connectivity index (χ0) is 16.9. The number of ether oxygens (including phenoxy) is 2. The van der Waals surface area contributed by atoms with Gasteiger partial charge in [-0.05, 0) is 56.7 Å². The molecule has 0 radical (unpaired) electrons. The molecule has 0 spiro atoms. The Balaban J connectivity index is 1.60. The van der Waals surface area contributed by atoms with Crippen molar-refractivity contribution in [1.29, 1.82) is 0 Å². The van der Waals surface area contributed by atoms with Crippen molar-refractivity contribution in [3.63, 3.8) is 0 Å². The third-order valence-corrected chi connectivity index (χ3v) is 4.99. The molecule has 0 aliphatic heterocycles. The van der Waals surface area contributed by atoms with Crippen molar-refractivity contribution in [2.24, 2.45) is 11.8 Å². The van der Waals surface area contributed by atoms with Gasteiger partial charge in [-0.15, -0.1) is 0 Å². The standard InChI is InChI=1S/C20H25NO3/c1-3-23-20(22)14(2)15-8-10-16(11-9-15)24-19-12-13-21-18-7-5-4-6-17(18)19/h4-7,12-16H,3,8-11H2,1-2H3. The quantitative estimate of drug-likeness (QED) is 0.765. The van der Waals surface area contributed by atoms with Gasteiger partial charge in [0.1, 0.15) is 5.75 Å². The molecule has 4 nitrogen and oxygen atoms in total. The molecule has 1 fully saturated rings. The number of nitrogens with zero attached hydrogens (tertiary/aromatic N) is 1. The van der Waals surface area contributed by atoms with Crippen LogP contribution < -0.4 is 4.74 Å². The minimum atomic E-state index is -0.0676.